The normalized spacial score (nSPS) is 13.2. The second kappa shape index (κ2) is 7.50. The molecule has 1 aromatic carbocycles. The lowest BCUT2D eigenvalue weighted by Gasteiger charge is -2.21. The standard InChI is InChI=1S/C14H23NO4S/c1-4-18-13-7-5-6-8-14(13)19-9-12(11(2)3)10-20(15,16)17/h5-8,11-12H,4,9-10H2,1-3H3,(H2,15,16,17). The van der Waals surface area contributed by atoms with E-state index in [0.717, 1.165) is 0 Å². The molecule has 0 aromatic heterocycles. The lowest BCUT2D eigenvalue weighted by atomic mass is 9.99. The number of rotatable bonds is 8. The van der Waals surface area contributed by atoms with Crippen LogP contribution in [0.2, 0.25) is 0 Å². The zero-order chi connectivity index (χ0) is 15.2. The zero-order valence-corrected chi connectivity index (χ0v) is 13.0. The summed E-state index contributed by atoms with van der Waals surface area (Å²) >= 11 is 0. The highest BCUT2D eigenvalue weighted by Gasteiger charge is 2.20. The molecule has 0 fully saturated rings. The summed E-state index contributed by atoms with van der Waals surface area (Å²) in [6.45, 7) is 6.64. The van der Waals surface area contributed by atoms with E-state index in [0.29, 0.717) is 18.1 Å². The molecule has 0 saturated carbocycles. The van der Waals surface area contributed by atoms with Gasteiger partial charge in [-0.05, 0) is 25.0 Å². The van der Waals surface area contributed by atoms with E-state index in [4.69, 9.17) is 14.6 Å². The lowest BCUT2D eigenvalue weighted by Crippen LogP contribution is -2.30. The Morgan fingerprint density at radius 2 is 1.70 bits per heavy atom. The van der Waals surface area contributed by atoms with Crippen molar-refractivity contribution in [2.75, 3.05) is 19.0 Å². The van der Waals surface area contributed by atoms with Gasteiger partial charge in [0.15, 0.2) is 11.5 Å². The van der Waals surface area contributed by atoms with Gasteiger partial charge in [0, 0.05) is 5.92 Å². The van der Waals surface area contributed by atoms with Crippen LogP contribution in [0.3, 0.4) is 0 Å². The van der Waals surface area contributed by atoms with E-state index in [2.05, 4.69) is 0 Å². The quantitative estimate of drug-likeness (QED) is 0.797. The highest BCUT2D eigenvalue weighted by molar-refractivity contribution is 7.89. The van der Waals surface area contributed by atoms with E-state index < -0.39 is 10.0 Å². The molecule has 0 spiro atoms. The first-order valence-corrected chi connectivity index (χ1v) is 8.40. The molecule has 2 N–H and O–H groups in total. The Morgan fingerprint density at radius 1 is 1.15 bits per heavy atom. The number of nitrogens with two attached hydrogens (primary N) is 1. The Hall–Kier alpha value is -1.27. The van der Waals surface area contributed by atoms with Gasteiger partial charge in [-0.25, -0.2) is 13.6 Å². The van der Waals surface area contributed by atoms with Crippen LogP contribution >= 0.6 is 0 Å². The van der Waals surface area contributed by atoms with Crippen LogP contribution in [0.25, 0.3) is 0 Å². The predicted octanol–water partition coefficient (Wildman–Crippen LogP) is 2.02. The van der Waals surface area contributed by atoms with Crippen LogP contribution in [0.1, 0.15) is 20.8 Å². The first-order chi connectivity index (χ1) is 9.33. The van der Waals surface area contributed by atoms with E-state index >= 15 is 0 Å². The van der Waals surface area contributed by atoms with Crippen LogP contribution in [-0.4, -0.2) is 27.4 Å². The van der Waals surface area contributed by atoms with Gasteiger partial charge in [-0.1, -0.05) is 26.0 Å². The fourth-order valence-electron chi connectivity index (χ4n) is 1.77. The van der Waals surface area contributed by atoms with Gasteiger partial charge in [0.05, 0.1) is 19.0 Å². The topological polar surface area (TPSA) is 78.6 Å². The van der Waals surface area contributed by atoms with Crippen molar-refractivity contribution >= 4 is 10.0 Å². The maximum atomic E-state index is 11.2. The van der Waals surface area contributed by atoms with E-state index in [9.17, 15) is 8.42 Å². The predicted molar refractivity (Wildman–Crippen MR) is 79.4 cm³/mol. The number of sulfonamides is 1. The fourth-order valence-corrected chi connectivity index (χ4v) is 2.85. The molecule has 0 amide bonds. The van der Waals surface area contributed by atoms with Crippen molar-refractivity contribution in [3.05, 3.63) is 24.3 Å². The molecule has 1 aromatic rings. The summed E-state index contributed by atoms with van der Waals surface area (Å²) in [5.41, 5.74) is 0. The Balaban J connectivity index is 2.72. The average Bonchev–Trinajstić information content (AvgIpc) is 2.35. The van der Waals surface area contributed by atoms with Crippen LogP contribution < -0.4 is 14.6 Å². The van der Waals surface area contributed by atoms with Crippen LogP contribution in [0.4, 0.5) is 0 Å². The molecule has 0 aliphatic heterocycles. The van der Waals surface area contributed by atoms with Crippen LogP contribution in [0.5, 0.6) is 11.5 Å². The van der Waals surface area contributed by atoms with Gasteiger partial charge >= 0.3 is 0 Å². The molecular formula is C14H23NO4S. The van der Waals surface area contributed by atoms with E-state index in [-0.39, 0.29) is 24.2 Å². The number of ether oxygens (including phenoxy) is 2. The summed E-state index contributed by atoms with van der Waals surface area (Å²) in [6, 6.07) is 7.34. The molecule has 1 unspecified atom stereocenters. The molecule has 0 heterocycles. The second-order valence-electron chi connectivity index (χ2n) is 5.02. The molecule has 0 radical (unpaired) electrons. The highest BCUT2D eigenvalue weighted by Crippen LogP contribution is 2.27. The Morgan fingerprint density at radius 3 is 2.15 bits per heavy atom. The second-order valence-corrected chi connectivity index (χ2v) is 6.68. The molecule has 20 heavy (non-hydrogen) atoms. The van der Waals surface area contributed by atoms with Gasteiger partial charge < -0.3 is 9.47 Å². The van der Waals surface area contributed by atoms with Crippen molar-refractivity contribution < 1.29 is 17.9 Å². The van der Waals surface area contributed by atoms with Crippen LogP contribution in [-0.2, 0) is 10.0 Å². The summed E-state index contributed by atoms with van der Waals surface area (Å²) in [5.74, 6) is 1.20. The molecule has 114 valence electrons. The SMILES string of the molecule is CCOc1ccccc1OCC(CS(N)(=O)=O)C(C)C. The van der Waals surface area contributed by atoms with E-state index in [1.165, 1.54) is 0 Å². The highest BCUT2D eigenvalue weighted by atomic mass is 32.2. The molecule has 0 bridgehead atoms. The van der Waals surface area contributed by atoms with Crippen molar-refractivity contribution in [1.82, 2.24) is 0 Å². The minimum Gasteiger partial charge on any atom is -0.490 e. The lowest BCUT2D eigenvalue weighted by molar-refractivity contribution is 0.213. The molecule has 5 nitrogen and oxygen atoms in total. The molecule has 0 saturated heterocycles. The molecule has 6 heteroatoms. The summed E-state index contributed by atoms with van der Waals surface area (Å²) in [4.78, 5) is 0. The Bertz CT molecular complexity index is 514. The summed E-state index contributed by atoms with van der Waals surface area (Å²) in [7, 11) is -3.50. The molecule has 1 rings (SSSR count). The third-order valence-corrected chi connectivity index (χ3v) is 3.88. The van der Waals surface area contributed by atoms with Crippen LogP contribution in [0.15, 0.2) is 24.3 Å². The summed E-state index contributed by atoms with van der Waals surface area (Å²) < 4.78 is 33.6. The van der Waals surface area contributed by atoms with Crippen molar-refractivity contribution in [2.45, 2.75) is 20.8 Å². The van der Waals surface area contributed by atoms with Gasteiger partial charge in [-0.3, -0.25) is 0 Å². The molecular weight excluding hydrogens is 278 g/mol. The monoisotopic (exact) mass is 301 g/mol. The van der Waals surface area contributed by atoms with Gasteiger partial charge in [0.2, 0.25) is 10.0 Å². The maximum Gasteiger partial charge on any atom is 0.209 e. The molecule has 0 aliphatic rings. The van der Waals surface area contributed by atoms with E-state index in [1.807, 2.05) is 39.0 Å². The number of primary sulfonamides is 1. The van der Waals surface area contributed by atoms with Crippen molar-refractivity contribution in [2.24, 2.45) is 17.0 Å². The number of hydrogen-bond donors (Lipinski definition) is 1. The van der Waals surface area contributed by atoms with Gasteiger partial charge in [0.1, 0.15) is 0 Å². The number of para-hydroxylation sites is 2. The average molecular weight is 301 g/mol. The van der Waals surface area contributed by atoms with Gasteiger partial charge in [-0.2, -0.15) is 0 Å². The Labute approximate surface area is 121 Å². The summed E-state index contributed by atoms with van der Waals surface area (Å²) in [5, 5.41) is 5.11. The van der Waals surface area contributed by atoms with Crippen molar-refractivity contribution in [1.29, 1.82) is 0 Å². The molecule has 1 atom stereocenters. The largest absolute Gasteiger partial charge is 0.490 e. The third-order valence-electron chi connectivity index (χ3n) is 2.99. The minimum atomic E-state index is -3.50. The minimum absolute atomic E-state index is 0.0819. The first kappa shape index (κ1) is 16.8. The van der Waals surface area contributed by atoms with E-state index in [1.54, 1.807) is 6.07 Å². The number of hydrogen-bond acceptors (Lipinski definition) is 4. The smallest absolute Gasteiger partial charge is 0.209 e. The Kier molecular flexibility index (Phi) is 6.29. The molecule has 0 aliphatic carbocycles. The fraction of sp³-hybridized carbons (Fsp3) is 0.571. The zero-order valence-electron chi connectivity index (χ0n) is 12.2. The third kappa shape index (κ3) is 5.79. The summed E-state index contributed by atoms with van der Waals surface area (Å²) in [6.07, 6.45) is 0. The van der Waals surface area contributed by atoms with Crippen molar-refractivity contribution in [3.63, 3.8) is 0 Å². The van der Waals surface area contributed by atoms with Crippen LogP contribution in [0, 0.1) is 11.8 Å². The van der Waals surface area contributed by atoms with Gasteiger partial charge in [-0.15, -0.1) is 0 Å². The maximum absolute atomic E-state index is 11.2. The van der Waals surface area contributed by atoms with Crippen molar-refractivity contribution in [3.8, 4) is 11.5 Å². The number of benzene rings is 1. The van der Waals surface area contributed by atoms with Gasteiger partial charge in [0.25, 0.3) is 0 Å². The first-order valence-electron chi connectivity index (χ1n) is 6.68.